The zero-order valence-corrected chi connectivity index (χ0v) is 14.2. The van der Waals surface area contributed by atoms with Gasteiger partial charge in [0, 0.05) is 30.0 Å². The molecule has 0 bridgehead atoms. The van der Waals surface area contributed by atoms with Gasteiger partial charge < -0.3 is 9.42 Å². The predicted octanol–water partition coefficient (Wildman–Crippen LogP) is 3.50. The first-order chi connectivity index (χ1) is 12.2. The molecule has 128 valence electrons. The zero-order chi connectivity index (χ0) is 17.2. The normalized spacial score (nSPS) is 17.4. The van der Waals surface area contributed by atoms with Gasteiger partial charge in [-0.3, -0.25) is 4.79 Å². The van der Waals surface area contributed by atoms with Crippen molar-refractivity contribution in [1.82, 2.24) is 15.0 Å². The van der Waals surface area contributed by atoms with Gasteiger partial charge in [0.05, 0.1) is 5.92 Å². The molecule has 1 aliphatic heterocycles. The highest BCUT2D eigenvalue weighted by molar-refractivity contribution is 7.09. The molecule has 4 rings (SSSR count). The van der Waals surface area contributed by atoms with Crippen molar-refractivity contribution in [2.24, 2.45) is 0 Å². The molecule has 7 heteroatoms. The second kappa shape index (κ2) is 6.76. The summed E-state index contributed by atoms with van der Waals surface area (Å²) in [5.74, 6) is 0.433. The van der Waals surface area contributed by atoms with Crippen LogP contribution in [0, 0.1) is 5.82 Å². The first kappa shape index (κ1) is 16.0. The molecule has 1 unspecified atom stereocenters. The van der Waals surface area contributed by atoms with Gasteiger partial charge in [-0.05, 0) is 30.0 Å². The van der Waals surface area contributed by atoms with Crippen molar-refractivity contribution in [3.05, 3.63) is 58.4 Å². The lowest BCUT2D eigenvalue weighted by Crippen LogP contribution is -2.27. The van der Waals surface area contributed by atoms with E-state index in [4.69, 9.17) is 4.52 Å². The van der Waals surface area contributed by atoms with Crippen molar-refractivity contribution in [2.75, 3.05) is 13.1 Å². The number of aromatic nitrogens is 2. The van der Waals surface area contributed by atoms with Crippen LogP contribution in [0.25, 0.3) is 11.4 Å². The van der Waals surface area contributed by atoms with E-state index in [1.54, 1.807) is 23.5 Å². The number of halogens is 1. The number of rotatable bonds is 5. The predicted molar refractivity (Wildman–Crippen MR) is 91.7 cm³/mol. The molecule has 1 aromatic carbocycles. The van der Waals surface area contributed by atoms with Gasteiger partial charge in [0.2, 0.25) is 17.6 Å². The molecule has 2 aromatic heterocycles. The Balaban J connectivity index is 1.43. The lowest BCUT2D eigenvalue weighted by molar-refractivity contribution is -0.127. The van der Waals surface area contributed by atoms with Crippen LogP contribution in [0.4, 0.5) is 4.39 Å². The summed E-state index contributed by atoms with van der Waals surface area (Å²) in [6.45, 7) is 1.27. The summed E-state index contributed by atoms with van der Waals surface area (Å²) in [7, 11) is 0. The Hall–Kier alpha value is -2.54. The Morgan fingerprint density at radius 2 is 2.24 bits per heavy atom. The molecule has 1 amide bonds. The monoisotopic (exact) mass is 357 g/mol. The van der Waals surface area contributed by atoms with E-state index in [2.05, 4.69) is 16.2 Å². The van der Waals surface area contributed by atoms with Crippen LogP contribution in [0.15, 0.2) is 46.3 Å². The van der Waals surface area contributed by atoms with E-state index in [1.807, 2.05) is 16.3 Å². The Morgan fingerprint density at radius 3 is 3.04 bits per heavy atom. The maximum atomic E-state index is 13.3. The van der Waals surface area contributed by atoms with Crippen molar-refractivity contribution in [3.63, 3.8) is 0 Å². The van der Waals surface area contributed by atoms with Crippen LogP contribution in [0.1, 0.15) is 23.1 Å². The average molecular weight is 357 g/mol. The molecule has 0 radical (unpaired) electrons. The third kappa shape index (κ3) is 3.46. The van der Waals surface area contributed by atoms with Gasteiger partial charge in [-0.1, -0.05) is 23.4 Å². The minimum Gasteiger partial charge on any atom is -0.342 e. The highest BCUT2D eigenvalue weighted by Gasteiger charge is 2.34. The number of benzene rings is 1. The third-order valence-electron chi connectivity index (χ3n) is 4.30. The van der Waals surface area contributed by atoms with Crippen LogP contribution in [-0.2, 0) is 11.2 Å². The Labute approximate surface area is 148 Å². The maximum Gasteiger partial charge on any atom is 0.232 e. The Kier molecular flexibility index (Phi) is 4.31. The molecule has 3 aromatic rings. The molecular weight excluding hydrogens is 341 g/mol. The van der Waals surface area contributed by atoms with Gasteiger partial charge in [-0.2, -0.15) is 4.98 Å². The standard InChI is InChI=1S/C18H16FN3O2S/c19-14-4-1-3-12(9-14)17-20-18(24-21-17)13-10-16(23)22(11-13)7-6-15-5-2-8-25-15/h1-5,8-9,13H,6-7,10-11H2. The number of hydrogen-bond donors (Lipinski definition) is 0. The number of carbonyl (C=O) groups excluding carboxylic acids is 1. The summed E-state index contributed by atoms with van der Waals surface area (Å²) in [6.07, 6.45) is 1.23. The summed E-state index contributed by atoms with van der Waals surface area (Å²) in [5.41, 5.74) is 0.564. The number of amides is 1. The van der Waals surface area contributed by atoms with E-state index in [0.717, 1.165) is 6.42 Å². The lowest BCUT2D eigenvalue weighted by atomic mass is 10.1. The maximum absolute atomic E-state index is 13.3. The SMILES string of the molecule is O=C1CC(c2nc(-c3cccc(F)c3)no2)CN1CCc1cccs1. The second-order valence-electron chi connectivity index (χ2n) is 6.04. The topological polar surface area (TPSA) is 59.2 Å². The molecule has 0 saturated carbocycles. The molecular formula is C18H16FN3O2S. The molecule has 1 aliphatic rings. The summed E-state index contributed by atoms with van der Waals surface area (Å²) >= 11 is 1.70. The molecule has 1 saturated heterocycles. The average Bonchev–Trinajstić information content (AvgIpc) is 3.34. The van der Waals surface area contributed by atoms with E-state index >= 15 is 0 Å². The molecule has 1 atom stereocenters. The quantitative estimate of drug-likeness (QED) is 0.701. The van der Waals surface area contributed by atoms with Crippen LogP contribution < -0.4 is 0 Å². The largest absolute Gasteiger partial charge is 0.342 e. The number of nitrogens with zero attached hydrogens (tertiary/aromatic N) is 3. The highest BCUT2D eigenvalue weighted by Crippen LogP contribution is 2.29. The molecule has 5 nitrogen and oxygen atoms in total. The molecule has 0 N–H and O–H groups in total. The molecule has 3 heterocycles. The molecule has 0 aliphatic carbocycles. The van der Waals surface area contributed by atoms with Crippen molar-refractivity contribution in [1.29, 1.82) is 0 Å². The van der Waals surface area contributed by atoms with Crippen LogP contribution in [0.3, 0.4) is 0 Å². The number of thiophene rings is 1. The fourth-order valence-corrected chi connectivity index (χ4v) is 3.70. The molecule has 25 heavy (non-hydrogen) atoms. The van der Waals surface area contributed by atoms with E-state index in [-0.39, 0.29) is 17.6 Å². The van der Waals surface area contributed by atoms with Crippen LogP contribution >= 0.6 is 11.3 Å². The van der Waals surface area contributed by atoms with Gasteiger partial charge in [0.25, 0.3) is 0 Å². The number of carbonyl (C=O) groups is 1. The smallest absolute Gasteiger partial charge is 0.232 e. The van der Waals surface area contributed by atoms with Gasteiger partial charge >= 0.3 is 0 Å². The van der Waals surface area contributed by atoms with E-state index in [0.29, 0.717) is 36.8 Å². The van der Waals surface area contributed by atoms with E-state index in [9.17, 15) is 9.18 Å². The highest BCUT2D eigenvalue weighted by atomic mass is 32.1. The van der Waals surface area contributed by atoms with E-state index < -0.39 is 0 Å². The first-order valence-corrected chi connectivity index (χ1v) is 8.97. The van der Waals surface area contributed by atoms with Gasteiger partial charge in [0.15, 0.2) is 0 Å². The van der Waals surface area contributed by atoms with E-state index in [1.165, 1.54) is 17.0 Å². The van der Waals surface area contributed by atoms with Crippen molar-refractivity contribution in [2.45, 2.75) is 18.8 Å². The summed E-state index contributed by atoms with van der Waals surface area (Å²) < 4.78 is 18.7. The third-order valence-corrected chi connectivity index (χ3v) is 5.23. The summed E-state index contributed by atoms with van der Waals surface area (Å²) in [5, 5.41) is 5.97. The van der Waals surface area contributed by atoms with Gasteiger partial charge in [0.1, 0.15) is 5.82 Å². The molecule has 1 fully saturated rings. The minimum absolute atomic E-state index is 0.104. The number of hydrogen-bond acceptors (Lipinski definition) is 5. The van der Waals surface area contributed by atoms with Crippen molar-refractivity contribution in [3.8, 4) is 11.4 Å². The lowest BCUT2D eigenvalue weighted by Gasteiger charge is -2.15. The Bertz CT molecular complexity index is 878. The second-order valence-corrected chi connectivity index (χ2v) is 7.07. The Morgan fingerprint density at radius 1 is 1.32 bits per heavy atom. The summed E-state index contributed by atoms with van der Waals surface area (Å²) in [6, 6.07) is 10.2. The van der Waals surface area contributed by atoms with Crippen molar-refractivity contribution >= 4 is 17.2 Å². The zero-order valence-electron chi connectivity index (χ0n) is 13.4. The van der Waals surface area contributed by atoms with Crippen LogP contribution in [0.2, 0.25) is 0 Å². The number of likely N-dealkylation sites (tertiary alicyclic amines) is 1. The van der Waals surface area contributed by atoms with Crippen LogP contribution in [0.5, 0.6) is 0 Å². The van der Waals surface area contributed by atoms with Crippen LogP contribution in [-0.4, -0.2) is 34.0 Å². The van der Waals surface area contributed by atoms with Gasteiger partial charge in [-0.25, -0.2) is 4.39 Å². The molecule has 0 spiro atoms. The van der Waals surface area contributed by atoms with Gasteiger partial charge in [-0.15, -0.1) is 11.3 Å². The first-order valence-electron chi connectivity index (χ1n) is 8.09. The summed E-state index contributed by atoms with van der Waals surface area (Å²) in [4.78, 5) is 19.7. The van der Waals surface area contributed by atoms with Crippen molar-refractivity contribution < 1.29 is 13.7 Å². The fraction of sp³-hybridized carbons (Fsp3) is 0.278. The minimum atomic E-state index is -0.348. The fourth-order valence-electron chi connectivity index (χ4n) is 3.00.